The minimum Gasteiger partial charge on any atom is -0.369 e. The van der Waals surface area contributed by atoms with Crippen LogP contribution in [-0.4, -0.2) is 30.3 Å². The number of imide groups is 1. The summed E-state index contributed by atoms with van der Waals surface area (Å²) >= 11 is 0.671. The van der Waals surface area contributed by atoms with Gasteiger partial charge in [0.15, 0.2) is 0 Å². The molecule has 2 aliphatic heterocycles. The predicted octanol–water partition coefficient (Wildman–Crippen LogP) is 2.99. The van der Waals surface area contributed by atoms with Gasteiger partial charge in [-0.3, -0.25) is 14.9 Å². The molecular weight excluding hydrogens is 379 g/mol. The van der Waals surface area contributed by atoms with E-state index in [9.17, 15) is 22.8 Å². The fraction of sp³-hybridized carbons (Fsp3) is 0.333. The number of nitrogens with two attached hydrogens (primary N) is 1. The van der Waals surface area contributed by atoms with Crippen molar-refractivity contribution in [3.05, 3.63) is 34.2 Å². The topological polar surface area (TPSA) is 75.4 Å². The minimum absolute atomic E-state index is 0. The molecule has 1 aromatic rings. The molecule has 0 unspecified atom stereocenters. The van der Waals surface area contributed by atoms with Crippen LogP contribution in [0.2, 0.25) is 0 Å². The van der Waals surface area contributed by atoms with Crippen molar-refractivity contribution in [1.82, 2.24) is 5.32 Å². The Morgan fingerprint density at radius 1 is 1.32 bits per heavy atom. The van der Waals surface area contributed by atoms with Crippen LogP contribution in [0, 0.1) is 0 Å². The van der Waals surface area contributed by atoms with E-state index < -0.39 is 22.9 Å². The summed E-state index contributed by atoms with van der Waals surface area (Å²) in [5, 5.41) is 1.55. The van der Waals surface area contributed by atoms with Gasteiger partial charge in [-0.15, -0.1) is 12.4 Å². The van der Waals surface area contributed by atoms with Gasteiger partial charge in [0.1, 0.15) is 0 Å². The summed E-state index contributed by atoms with van der Waals surface area (Å²) in [6, 6.07) is 3.34. The van der Waals surface area contributed by atoms with Crippen LogP contribution < -0.4 is 16.0 Å². The first kappa shape index (κ1) is 19.6. The van der Waals surface area contributed by atoms with E-state index >= 15 is 0 Å². The van der Waals surface area contributed by atoms with Gasteiger partial charge >= 0.3 is 6.18 Å². The summed E-state index contributed by atoms with van der Waals surface area (Å²) in [6.45, 7) is 1.15. The third-order valence-corrected chi connectivity index (χ3v) is 4.66. The molecule has 25 heavy (non-hydrogen) atoms. The minimum atomic E-state index is -4.49. The van der Waals surface area contributed by atoms with Gasteiger partial charge in [-0.2, -0.15) is 13.2 Å². The summed E-state index contributed by atoms with van der Waals surface area (Å²) in [4.78, 5) is 24.9. The van der Waals surface area contributed by atoms with Crippen molar-refractivity contribution >= 4 is 47.1 Å². The molecular formula is C15H15ClF3N3O2S. The van der Waals surface area contributed by atoms with E-state index in [0.717, 1.165) is 18.6 Å². The third kappa shape index (κ3) is 4.28. The average molecular weight is 394 g/mol. The summed E-state index contributed by atoms with van der Waals surface area (Å²) in [6.07, 6.45) is -2.43. The second-order valence-corrected chi connectivity index (χ2v) is 6.63. The number of anilines is 1. The van der Waals surface area contributed by atoms with Crippen LogP contribution in [-0.2, 0) is 11.0 Å². The quantitative estimate of drug-likeness (QED) is 0.755. The van der Waals surface area contributed by atoms with E-state index in [-0.39, 0.29) is 28.9 Å². The van der Waals surface area contributed by atoms with Crippen molar-refractivity contribution in [1.29, 1.82) is 0 Å². The molecule has 136 valence electrons. The number of benzene rings is 1. The smallest absolute Gasteiger partial charge is 0.369 e. The Hall–Kier alpha value is -1.71. The maximum Gasteiger partial charge on any atom is 0.416 e. The van der Waals surface area contributed by atoms with Crippen LogP contribution in [0.15, 0.2) is 23.1 Å². The Labute approximate surface area is 152 Å². The molecule has 10 heteroatoms. The van der Waals surface area contributed by atoms with Crippen LogP contribution in [0.25, 0.3) is 6.08 Å². The van der Waals surface area contributed by atoms with E-state index in [1.165, 1.54) is 12.1 Å². The van der Waals surface area contributed by atoms with Crippen molar-refractivity contribution in [2.24, 2.45) is 5.73 Å². The molecule has 1 aromatic carbocycles. The molecule has 2 aliphatic rings. The highest BCUT2D eigenvalue weighted by atomic mass is 35.5. The first-order valence-electron chi connectivity index (χ1n) is 7.20. The molecule has 2 amide bonds. The molecule has 0 aromatic heterocycles. The number of carbonyl (C=O) groups is 2. The van der Waals surface area contributed by atoms with Crippen molar-refractivity contribution in [3.63, 3.8) is 0 Å². The Kier molecular flexibility index (Phi) is 5.70. The van der Waals surface area contributed by atoms with Crippen molar-refractivity contribution in [3.8, 4) is 0 Å². The molecule has 3 rings (SSSR count). The molecule has 0 radical (unpaired) electrons. The molecule has 0 bridgehead atoms. The molecule has 0 saturated carbocycles. The van der Waals surface area contributed by atoms with E-state index in [1.54, 1.807) is 0 Å². The lowest BCUT2D eigenvalue weighted by molar-refractivity contribution is -0.137. The fourth-order valence-electron chi connectivity index (χ4n) is 2.70. The molecule has 1 atom stereocenters. The van der Waals surface area contributed by atoms with E-state index in [0.29, 0.717) is 30.5 Å². The molecule has 2 saturated heterocycles. The van der Waals surface area contributed by atoms with Crippen LogP contribution in [0.4, 0.5) is 23.7 Å². The number of amides is 2. The molecule has 0 spiro atoms. The van der Waals surface area contributed by atoms with Gasteiger partial charge in [-0.25, -0.2) is 0 Å². The second-order valence-electron chi connectivity index (χ2n) is 5.62. The zero-order valence-corrected chi connectivity index (χ0v) is 14.4. The third-order valence-electron chi connectivity index (χ3n) is 3.85. The average Bonchev–Trinajstić information content (AvgIpc) is 3.04. The zero-order chi connectivity index (χ0) is 17.5. The Morgan fingerprint density at radius 3 is 2.56 bits per heavy atom. The normalized spacial score (nSPS) is 22.3. The number of hydrogen-bond acceptors (Lipinski definition) is 5. The van der Waals surface area contributed by atoms with E-state index in [1.807, 2.05) is 4.90 Å². The van der Waals surface area contributed by atoms with Crippen molar-refractivity contribution in [2.45, 2.75) is 18.6 Å². The summed E-state index contributed by atoms with van der Waals surface area (Å²) in [5.41, 5.74) is 5.86. The highest BCUT2D eigenvalue weighted by Crippen LogP contribution is 2.36. The van der Waals surface area contributed by atoms with Gasteiger partial charge in [-0.05, 0) is 48.0 Å². The molecule has 2 heterocycles. The number of thioether (sulfide) groups is 1. The van der Waals surface area contributed by atoms with Gasteiger partial charge in [0, 0.05) is 24.8 Å². The van der Waals surface area contributed by atoms with Gasteiger partial charge in [-0.1, -0.05) is 0 Å². The predicted molar refractivity (Wildman–Crippen MR) is 92.6 cm³/mol. The van der Waals surface area contributed by atoms with Crippen LogP contribution >= 0.6 is 24.2 Å². The number of halogens is 4. The molecule has 0 aliphatic carbocycles. The van der Waals surface area contributed by atoms with E-state index in [2.05, 4.69) is 5.32 Å². The fourth-order valence-corrected chi connectivity index (χ4v) is 3.38. The summed E-state index contributed by atoms with van der Waals surface area (Å²) < 4.78 is 39.0. The number of rotatable bonds is 2. The van der Waals surface area contributed by atoms with Gasteiger partial charge in [0.25, 0.3) is 11.1 Å². The number of alkyl halides is 3. The second kappa shape index (κ2) is 7.27. The number of nitrogens with zero attached hydrogens (tertiary/aromatic N) is 1. The number of nitrogens with one attached hydrogen (secondary N) is 1. The molecule has 5 nitrogen and oxygen atoms in total. The maximum atomic E-state index is 13.0. The lowest BCUT2D eigenvalue weighted by Gasteiger charge is -2.22. The van der Waals surface area contributed by atoms with Crippen LogP contribution in [0.3, 0.4) is 0 Å². The van der Waals surface area contributed by atoms with Crippen LogP contribution in [0.5, 0.6) is 0 Å². The van der Waals surface area contributed by atoms with Gasteiger partial charge in [0.2, 0.25) is 0 Å². The van der Waals surface area contributed by atoms with Crippen LogP contribution in [0.1, 0.15) is 17.5 Å². The number of carbonyl (C=O) groups excluding carboxylic acids is 2. The Bertz CT molecular complexity index is 739. The Balaban J connectivity index is 0.00000225. The first-order valence-corrected chi connectivity index (χ1v) is 8.02. The van der Waals surface area contributed by atoms with Crippen molar-refractivity contribution in [2.75, 3.05) is 18.0 Å². The Morgan fingerprint density at radius 2 is 2.04 bits per heavy atom. The standard InChI is InChI=1S/C15H14F3N3O2S.ClH/c16-15(17,18)9-1-2-11(21-4-3-10(19)7-21)8(5-9)6-12-13(22)20-14(23)24-12;/h1-2,5-6,10H,3-4,7,19H2,(H,20,22,23);1H/b12-6-;/t10-;/m0./s1. The summed E-state index contributed by atoms with van der Waals surface area (Å²) in [5.74, 6) is -0.605. The van der Waals surface area contributed by atoms with Crippen molar-refractivity contribution < 1.29 is 22.8 Å². The SMILES string of the molecule is Cl.N[C@H]1CCN(c2ccc(C(F)(F)F)cc2/C=C2\SC(=O)NC2=O)C1. The van der Waals surface area contributed by atoms with Gasteiger partial charge in [0.05, 0.1) is 10.5 Å². The van der Waals surface area contributed by atoms with Gasteiger partial charge < -0.3 is 10.6 Å². The first-order chi connectivity index (χ1) is 11.2. The lowest BCUT2D eigenvalue weighted by atomic mass is 10.1. The largest absolute Gasteiger partial charge is 0.416 e. The van der Waals surface area contributed by atoms with E-state index in [4.69, 9.17) is 5.73 Å². The number of hydrogen-bond donors (Lipinski definition) is 2. The zero-order valence-electron chi connectivity index (χ0n) is 12.8. The maximum absolute atomic E-state index is 13.0. The highest BCUT2D eigenvalue weighted by molar-refractivity contribution is 8.18. The summed E-state index contributed by atoms with van der Waals surface area (Å²) in [7, 11) is 0. The molecule has 2 fully saturated rings. The monoisotopic (exact) mass is 393 g/mol. The lowest BCUT2D eigenvalue weighted by Crippen LogP contribution is -2.26. The molecule has 3 N–H and O–H groups in total. The highest BCUT2D eigenvalue weighted by Gasteiger charge is 2.32.